The first-order chi connectivity index (χ1) is 13.3. The van der Waals surface area contributed by atoms with E-state index in [0.717, 1.165) is 29.8 Å². The first kappa shape index (κ1) is 22.2. The average Bonchev–Trinajstić information content (AvgIpc) is 2.65. The van der Waals surface area contributed by atoms with Crippen LogP contribution in [0.4, 0.5) is 11.4 Å². The summed E-state index contributed by atoms with van der Waals surface area (Å²) in [6.45, 7) is 3.93. The molecule has 0 fully saturated rings. The number of rotatable bonds is 9. The van der Waals surface area contributed by atoms with Gasteiger partial charge in [0.25, 0.3) is 0 Å². The molecule has 1 atom stereocenters. The summed E-state index contributed by atoms with van der Waals surface area (Å²) in [5, 5.41) is 3.34. The summed E-state index contributed by atoms with van der Waals surface area (Å²) in [5.41, 5.74) is 2.27. The Hall–Kier alpha value is -2.05. The minimum atomic E-state index is -3.67. The quantitative estimate of drug-likeness (QED) is 0.627. The van der Waals surface area contributed by atoms with Gasteiger partial charge >= 0.3 is 0 Å². The first-order valence-electron chi connectivity index (χ1n) is 9.41. The van der Waals surface area contributed by atoms with Crippen LogP contribution in [-0.4, -0.2) is 26.6 Å². The maximum Gasteiger partial charge on any atom is 0.248 e. The lowest BCUT2D eigenvalue weighted by Gasteiger charge is -2.30. The summed E-state index contributed by atoms with van der Waals surface area (Å²) in [5.74, 6) is -0.371. The van der Waals surface area contributed by atoms with Crippen molar-refractivity contribution in [2.24, 2.45) is 0 Å². The molecule has 0 saturated carbocycles. The maximum absolute atomic E-state index is 12.9. The summed E-state index contributed by atoms with van der Waals surface area (Å²) < 4.78 is 26.0. The Kier molecular flexibility index (Phi) is 7.89. The molecule has 0 heterocycles. The number of sulfonamides is 1. The van der Waals surface area contributed by atoms with Crippen LogP contribution < -0.4 is 9.62 Å². The molecule has 1 amide bonds. The largest absolute Gasteiger partial charge is 0.324 e. The minimum absolute atomic E-state index is 0.329. The van der Waals surface area contributed by atoms with Gasteiger partial charge in [0.2, 0.25) is 15.9 Å². The summed E-state index contributed by atoms with van der Waals surface area (Å²) >= 11 is 5.91. The van der Waals surface area contributed by atoms with E-state index in [1.165, 1.54) is 5.56 Å². The summed E-state index contributed by atoms with van der Waals surface area (Å²) in [6, 6.07) is 13.2. The number of carbonyl (C=O) groups excluding carboxylic acids is 1. The molecule has 2 aromatic rings. The topological polar surface area (TPSA) is 66.5 Å². The molecule has 0 radical (unpaired) electrons. The monoisotopic (exact) mass is 422 g/mol. The molecule has 0 spiro atoms. The number of nitrogens with zero attached hydrogens (tertiary/aromatic N) is 1. The normalized spacial score (nSPS) is 12.4. The van der Waals surface area contributed by atoms with Gasteiger partial charge < -0.3 is 5.32 Å². The number of hydrogen-bond donors (Lipinski definition) is 1. The number of halogens is 1. The predicted molar refractivity (Wildman–Crippen MR) is 117 cm³/mol. The van der Waals surface area contributed by atoms with Gasteiger partial charge in [0.05, 0.1) is 11.9 Å². The molecule has 0 saturated heterocycles. The molecule has 5 nitrogen and oxygen atoms in total. The Morgan fingerprint density at radius 2 is 1.68 bits per heavy atom. The highest BCUT2D eigenvalue weighted by Gasteiger charge is 2.31. The van der Waals surface area contributed by atoms with E-state index in [1.54, 1.807) is 31.2 Å². The number of benzene rings is 2. The number of nitrogens with one attached hydrogen (secondary N) is 1. The van der Waals surface area contributed by atoms with Crippen molar-refractivity contribution in [2.75, 3.05) is 15.9 Å². The molecule has 7 heteroatoms. The van der Waals surface area contributed by atoms with Crippen molar-refractivity contribution in [2.45, 2.75) is 45.6 Å². The third-order valence-electron chi connectivity index (χ3n) is 4.45. The van der Waals surface area contributed by atoms with Gasteiger partial charge in [-0.05, 0) is 61.2 Å². The number of unbranched alkanes of at least 4 members (excludes halogenated alkanes) is 1. The van der Waals surface area contributed by atoms with Gasteiger partial charge in [-0.25, -0.2) is 8.42 Å². The lowest BCUT2D eigenvalue weighted by atomic mass is 10.1. The number of amides is 1. The van der Waals surface area contributed by atoms with E-state index in [4.69, 9.17) is 11.6 Å². The third kappa shape index (κ3) is 5.97. The van der Waals surface area contributed by atoms with Gasteiger partial charge in [-0.3, -0.25) is 9.10 Å². The molecular weight excluding hydrogens is 396 g/mol. The zero-order valence-corrected chi connectivity index (χ0v) is 18.1. The third-order valence-corrected chi connectivity index (χ3v) is 5.88. The smallest absolute Gasteiger partial charge is 0.248 e. The zero-order chi connectivity index (χ0) is 20.7. The van der Waals surface area contributed by atoms with Crippen LogP contribution in [-0.2, 0) is 21.2 Å². The maximum atomic E-state index is 12.9. The van der Waals surface area contributed by atoms with Crippen molar-refractivity contribution in [3.8, 4) is 0 Å². The van der Waals surface area contributed by atoms with E-state index in [1.807, 2.05) is 24.3 Å². The van der Waals surface area contributed by atoms with Crippen molar-refractivity contribution >= 4 is 38.9 Å². The summed E-state index contributed by atoms with van der Waals surface area (Å²) in [6.07, 6.45) is 4.67. The summed E-state index contributed by atoms with van der Waals surface area (Å²) in [7, 11) is -3.67. The van der Waals surface area contributed by atoms with Crippen LogP contribution in [0, 0.1) is 0 Å². The molecule has 0 aliphatic rings. The Balaban J connectivity index is 2.23. The minimum Gasteiger partial charge on any atom is -0.324 e. The van der Waals surface area contributed by atoms with E-state index >= 15 is 0 Å². The van der Waals surface area contributed by atoms with Gasteiger partial charge in [0, 0.05) is 10.7 Å². The van der Waals surface area contributed by atoms with E-state index in [-0.39, 0.29) is 5.91 Å². The highest BCUT2D eigenvalue weighted by atomic mass is 35.5. The van der Waals surface area contributed by atoms with E-state index in [0.29, 0.717) is 22.8 Å². The second-order valence-corrected chi connectivity index (χ2v) is 9.04. The van der Waals surface area contributed by atoms with Crippen molar-refractivity contribution in [3.05, 3.63) is 59.1 Å². The molecular formula is C21H27ClN2O3S. The first-order valence-corrected chi connectivity index (χ1v) is 11.6. The van der Waals surface area contributed by atoms with Gasteiger partial charge in [-0.2, -0.15) is 0 Å². The van der Waals surface area contributed by atoms with Crippen molar-refractivity contribution in [1.82, 2.24) is 0 Å². The molecule has 0 aliphatic heterocycles. The number of hydrogen-bond acceptors (Lipinski definition) is 3. The van der Waals surface area contributed by atoms with Crippen LogP contribution in [0.5, 0.6) is 0 Å². The van der Waals surface area contributed by atoms with Crippen LogP contribution in [0.2, 0.25) is 5.02 Å². The second-order valence-electron chi connectivity index (χ2n) is 6.75. The van der Waals surface area contributed by atoms with Crippen LogP contribution in [0.25, 0.3) is 0 Å². The average molecular weight is 423 g/mol. The van der Waals surface area contributed by atoms with E-state index in [2.05, 4.69) is 12.2 Å². The highest BCUT2D eigenvalue weighted by molar-refractivity contribution is 7.92. The standard InChI is InChI=1S/C21H27ClN2O3S/c1-4-6-7-16-8-12-18(13-9-16)23-21(25)20(5-2)24(28(3,26)27)19-14-10-17(22)11-15-19/h8-15,20H,4-7H2,1-3H3,(H,23,25)/t20-/m1/s1. The van der Waals surface area contributed by atoms with Crippen LogP contribution >= 0.6 is 11.6 Å². The second kappa shape index (κ2) is 9.94. The Bertz CT molecular complexity index is 881. The highest BCUT2D eigenvalue weighted by Crippen LogP contribution is 2.25. The predicted octanol–water partition coefficient (Wildman–Crippen LogP) is 4.87. The van der Waals surface area contributed by atoms with E-state index in [9.17, 15) is 13.2 Å². The number of aryl methyl sites for hydroxylation is 1. The lowest BCUT2D eigenvalue weighted by Crippen LogP contribution is -2.46. The lowest BCUT2D eigenvalue weighted by molar-refractivity contribution is -0.117. The molecule has 2 rings (SSSR count). The fraction of sp³-hybridized carbons (Fsp3) is 0.381. The zero-order valence-electron chi connectivity index (χ0n) is 16.5. The molecule has 152 valence electrons. The fourth-order valence-corrected chi connectivity index (χ4v) is 4.35. The molecule has 1 N–H and O–H groups in total. The van der Waals surface area contributed by atoms with Gasteiger partial charge in [0.1, 0.15) is 6.04 Å². The van der Waals surface area contributed by atoms with Crippen molar-refractivity contribution in [3.63, 3.8) is 0 Å². The number of anilines is 2. The summed E-state index contributed by atoms with van der Waals surface area (Å²) in [4.78, 5) is 12.9. The van der Waals surface area contributed by atoms with Crippen molar-refractivity contribution < 1.29 is 13.2 Å². The SMILES string of the molecule is CCCCc1ccc(NC(=O)[C@@H](CC)N(c2ccc(Cl)cc2)S(C)(=O)=O)cc1. The fourth-order valence-electron chi connectivity index (χ4n) is 3.01. The van der Waals surface area contributed by atoms with Crippen LogP contribution in [0.15, 0.2) is 48.5 Å². The van der Waals surface area contributed by atoms with Crippen LogP contribution in [0.3, 0.4) is 0 Å². The molecule has 0 aromatic heterocycles. The Morgan fingerprint density at radius 3 is 2.18 bits per heavy atom. The Labute approximate surface area is 172 Å². The molecule has 0 aliphatic carbocycles. The van der Waals surface area contributed by atoms with Gasteiger partial charge in [0.15, 0.2) is 0 Å². The van der Waals surface area contributed by atoms with E-state index < -0.39 is 16.1 Å². The molecule has 0 unspecified atom stereocenters. The molecule has 0 bridgehead atoms. The molecule has 28 heavy (non-hydrogen) atoms. The van der Waals surface area contributed by atoms with Gasteiger partial charge in [-0.15, -0.1) is 0 Å². The van der Waals surface area contributed by atoms with Gasteiger partial charge in [-0.1, -0.05) is 44.0 Å². The molecule has 2 aromatic carbocycles. The van der Waals surface area contributed by atoms with Crippen molar-refractivity contribution in [1.29, 1.82) is 0 Å². The van der Waals surface area contributed by atoms with Crippen LogP contribution in [0.1, 0.15) is 38.7 Å². The Morgan fingerprint density at radius 1 is 1.07 bits per heavy atom. The number of carbonyl (C=O) groups is 1.